The van der Waals surface area contributed by atoms with Gasteiger partial charge in [0.1, 0.15) is 11.6 Å². The van der Waals surface area contributed by atoms with E-state index >= 15 is 0 Å². The lowest BCUT2D eigenvalue weighted by molar-refractivity contribution is 0.373. The van der Waals surface area contributed by atoms with Crippen molar-refractivity contribution >= 4 is 0 Å². The molecule has 0 aromatic heterocycles. The van der Waals surface area contributed by atoms with Gasteiger partial charge >= 0.3 is 0 Å². The fraction of sp³-hybridized carbons (Fsp3) is 0.407. The lowest BCUT2D eigenvalue weighted by atomic mass is 9.89. The normalized spacial score (nSPS) is 11.4. The van der Waals surface area contributed by atoms with Gasteiger partial charge in [-0.3, -0.25) is 0 Å². The van der Waals surface area contributed by atoms with E-state index in [4.69, 9.17) is 0 Å². The molecule has 0 bridgehead atoms. The van der Waals surface area contributed by atoms with E-state index in [9.17, 15) is 8.78 Å². The van der Waals surface area contributed by atoms with E-state index in [-0.39, 0.29) is 17.7 Å². The maximum absolute atomic E-state index is 13.7. The first-order valence-electron chi connectivity index (χ1n) is 10.8. The van der Waals surface area contributed by atoms with Crippen LogP contribution in [0.2, 0.25) is 0 Å². The molecular formula is C27H41F2N. The summed E-state index contributed by atoms with van der Waals surface area (Å²) in [5.41, 5.74) is 3.06. The topological polar surface area (TPSA) is 12.0 Å². The molecule has 2 rings (SSSR count). The highest BCUT2D eigenvalue weighted by Gasteiger charge is 2.18. The predicted octanol–water partition coefficient (Wildman–Crippen LogP) is 8.21. The smallest absolute Gasteiger partial charge is 0.126 e. The molecule has 0 aliphatic rings. The van der Waals surface area contributed by atoms with Gasteiger partial charge in [-0.2, -0.15) is 0 Å². The summed E-state index contributed by atoms with van der Waals surface area (Å²) < 4.78 is 26.9. The average Bonchev–Trinajstić information content (AvgIpc) is 2.80. The molecule has 0 saturated heterocycles. The quantitative estimate of drug-likeness (QED) is 0.337. The predicted molar refractivity (Wildman–Crippen MR) is 130 cm³/mol. The van der Waals surface area contributed by atoms with Crippen molar-refractivity contribution in [3.63, 3.8) is 0 Å². The van der Waals surface area contributed by atoms with E-state index in [1.807, 2.05) is 13.8 Å². The Kier molecular flexibility index (Phi) is 18.7. The third-order valence-corrected chi connectivity index (χ3v) is 4.73. The lowest BCUT2D eigenvalue weighted by Gasteiger charge is -2.26. The first-order chi connectivity index (χ1) is 14.5. The van der Waals surface area contributed by atoms with Gasteiger partial charge < -0.3 is 5.32 Å². The van der Waals surface area contributed by atoms with E-state index in [0.29, 0.717) is 17.9 Å². The molecule has 30 heavy (non-hydrogen) atoms. The van der Waals surface area contributed by atoms with E-state index in [1.54, 1.807) is 0 Å². The number of aryl methyl sites for hydroxylation is 2. The van der Waals surface area contributed by atoms with Crippen LogP contribution in [0.4, 0.5) is 8.78 Å². The van der Waals surface area contributed by atoms with Crippen LogP contribution in [0.15, 0.2) is 68.8 Å². The number of halogens is 2. The number of nitrogens with one attached hydrogen (secondary N) is 1. The minimum absolute atomic E-state index is 0.286. The lowest BCUT2D eigenvalue weighted by Crippen LogP contribution is -2.28. The van der Waals surface area contributed by atoms with Crippen LogP contribution in [0.5, 0.6) is 0 Å². The number of hydrogen-bond acceptors (Lipinski definition) is 1. The standard InChI is InChI=1S/C21H27F2N.C2H6.2C2H4/c1-4-15(2)21(19-10-6-5-8-16(19)3)24-13-7-9-17-14-18(22)11-12-20(17)23;3*1-2/h5-6,8,10-12,14-15,21,24H,4,7,9,13H2,1-3H3;1-2H3;2*1-2H2. The van der Waals surface area contributed by atoms with Crippen LogP contribution in [-0.2, 0) is 6.42 Å². The molecule has 1 nitrogen and oxygen atoms in total. The van der Waals surface area contributed by atoms with Crippen LogP contribution in [0.25, 0.3) is 0 Å². The van der Waals surface area contributed by atoms with Crippen molar-refractivity contribution in [2.24, 2.45) is 5.92 Å². The van der Waals surface area contributed by atoms with Gasteiger partial charge in [0.25, 0.3) is 0 Å². The van der Waals surface area contributed by atoms with Gasteiger partial charge in [-0.15, -0.1) is 26.3 Å². The molecule has 0 radical (unpaired) electrons. The molecule has 3 heteroatoms. The number of rotatable bonds is 8. The average molecular weight is 418 g/mol. The first-order valence-corrected chi connectivity index (χ1v) is 10.8. The molecule has 0 spiro atoms. The maximum atomic E-state index is 13.7. The number of hydrogen-bond donors (Lipinski definition) is 1. The van der Waals surface area contributed by atoms with Crippen LogP contribution in [0, 0.1) is 24.5 Å². The Labute approximate surface area is 183 Å². The van der Waals surface area contributed by atoms with Gasteiger partial charge in [-0.05, 0) is 67.1 Å². The summed E-state index contributed by atoms with van der Waals surface area (Å²) in [6.07, 6.45) is 2.40. The van der Waals surface area contributed by atoms with Crippen molar-refractivity contribution in [3.05, 3.63) is 97.1 Å². The largest absolute Gasteiger partial charge is 0.310 e. The molecule has 2 unspecified atom stereocenters. The Balaban J connectivity index is 0. The number of benzene rings is 2. The highest BCUT2D eigenvalue weighted by molar-refractivity contribution is 5.29. The summed E-state index contributed by atoms with van der Waals surface area (Å²) in [6.45, 7) is 23.4. The van der Waals surface area contributed by atoms with Gasteiger partial charge in [-0.1, -0.05) is 58.4 Å². The van der Waals surface area contributed by atoms with E-state index < -0.39 is 0 Å². The molecule has 1 N–H and O–H groups in total. The Morgan fingerprint density at radius 2 is 1.57 bits per heavy atom. The molecule has 2 aromatic carbocycles. The summed E-state index contributed by atoms with van der Waals surface area (Å²) in [4.78, 5) is 0. The molecule has 168 valence electrons. The van der Waals surface area contributed by atoms with Crippen LogP contribution in [-0.4, -0.2) is 6.54 Å². The van der Waals surface area contributed by atoms with Gasteiger partial charge in [0.05, 0.1) is 0 Å². The third-order valence-electron chi connectivity index (χ3n) is 4.73. The molecule has 0 saturated carbocycles. The van der Waals surface area contributed by atoms with Crippen molar-refractivity contribution < 1.29 is 8.78 Å². The second-order valence-corrected chi connectivity index (χ2v) is 6.51. The van der Waals surface area contributed by atoms with E-state index in [1.165, 1.54) is 23.3 Å². The SMILES string of the molecule is C=C.C=C.CC.CCC(C)C(NCCCc1cc(F)ccc1F)c1ccccc1C. The minimum Gasteiger partial charge on any atom is -0.310 e. The zero-order valence-electron chi connectivity index (χ0n) is 19.6. The van der Waals surface area contributed by atoms with Crippen LogP contribution < -0.4 is 5.32 Å². The second kappa shape index (κ2) is 18.7. The van der Waals surface area contributed by atoms with Crippen molar-refractivity contribution in [3.8, 4) is 0 Å². The molecule has 2 atom stereocenters. The molecule has 0 fully saturated rings. The van der Waals surface area contributed by atoms with E-state index in [2.05, 4.69) is 76.7 Å². The van der Waals surface area contributed by atoms with Gasteiger partial charge in [0.2, 0.25) is 0 Å². The molecule has 0 amide bonds. The maximum Gasteiger partial charge on any atom is 0.126 e. The fourth-order valence-corrected chi connectivity index (χ4v) is 3.06. The Hall–Kier alpha value is -2.26. The monoisotopic (exact) mass is 417 g/mol. The molecular weight excluding hydrogens is 376 g/mol. The van der Waals surface area contributed by atoms with Gasteiger partial charge in [-0.25, -0.2) is 8.78 Å². The highest BCUT2D eigenvalue weighted by atomic mass is 19.1. The zero-order valence-corrected chi connectivity index (χ0v) is 19.6. The summed E-state index contributed by atoms with van der Waals surface area (Å²) in [7, 11) is 0. The van der Waals surface area contributed by atoms with E-state index in [0.717, 1.165) is 25.5 Å². The van der Waals surface area contributed by atoms with Crippen molar-refractivity contribution in [2.75, 3.05) is 6.54 Å². The summed E-state index contributed by atoms with van der Waals surface area (Å²) in [5, 5.41) is 3.62. The van der Waals surface area contributed by atoms with Crippen LogP contribution in [0.1, 0.15) is 63.3 Å². The van der Waals surface area contributed by atoms with Crippen molar-refractivity contribution in [1.82, 2.24) is 5.32 Å². The Morgan fingerprint density at radius 3 is 2.13 bits per heavy atom. The molecule has 0 aliphatic carbocycles. The Bertz CT molecular complexity index is 682. The Morgan fingerprint density at radius 1 is 0.967 bits per heavy atom. The molecule has 2 aromatic rings. The highest BCUT2D eigenvalue weighted by Crippen LogP contribution is 2.27. The zero-order chi connectivity index (χ0) is 23.5. The van der Waals surface area contributed by atoms with Crippen LogP contribution in [0.3, 0.4) is 0 Å². The first kappa shape index (κ1) is 29.9. The van der Waals surface area contributed by atoms with Crippen LogP contribution >= 0.6 is 0 Å². The summed E-state index contributed by atoms with van der Waals surface area (Å²) >= 11 is 0. The van der Waals surface area contributed by atoms with Crippen molar-refractivity contribution in [2.45, 2.75) is 59.9 Å². The molecule has 0 heterocycles. The molecule has 0 aliphatic heterocycles. The van der Waals surface area contributed by atoms with Crippen molar-refractivity contribution in [1.29, 1.82) is 0 Å². The van der Waals surface area contributed by atoms with Gasteiger partial charge in [0, 0.05) is 6.04 Å². The third kappa shape index (κ3) is 10.5. The second-order valence-electron chi connectivity index (χ2n) is 6.51. The van der Waals surface area contributed by atoms with Gasteiger partial charge in [0.15, 0.2) is 0 Å². The minimum atomic E-state index is -0.378. The summed E-state index contributed by atoms with van der Waals surface area (Å²) in [5.74, 6) is -0.192. The fourth-order valence-electron chi connectivity index (χ4n) is 3.06. The summed E-state index contributed by atoms with van der Waals surface area (Å²) in [6, 6.07) is 12.4.